The molecule has 0 atom stereocenters. The number of hydrogen-bond donors (Lipinski definition) is 1. The van der Waals surface area contributed by atoms with E-state index in [0.717, 1.165) is 39.2 Å². The summed E-state index contributed by atoms with van der Waals surface area (Å²) in [4.78, 5) is 9.22. The van der Waals surface area contributed by atoms with Crippen molar-refractivity contribution in [3.05, 3.63) is 106 Å². The number of pyridine rings is 2. The minimum atomic E-state index is 0.0437. The van der Waals surface area contributed by atoms with Crippen molar-refractivity contribution in [3.63, 3.8) is 0 Å². The van der Waals surface area contributed by atoms with Crippen LogP contribution in [0.5, 0.6) is 0 Å². The smallest absolute Gasteiger partial charge is 0.0705 e. The molecule has 2 heterocycles. The van der Waals surface area contributed by atoms with Crippen molar-refractivity contribution >= 4 is 15.9 Å². The molecular weight excluding hydrogens is 532 g/mol. The summed E-state index contributed by atoms with van der Waals surface area (Å²) in [5, 5.41) is 10.0. The lowest BCUT2D eigenvalue weighted by Gasteiger charge is -2.19. The van der Waals surface area contributed by atoms with E-state index in [9.17, 15) is 0 Å². The highest BCUT2D eigenvalue weighted by Crippen LogP contribution is 2.27. The lowest BCUT2D eigenvalue weighted by Crippen LogP contribution is -2.10. The summed E-state index contributed by atoms with van der Waals surface area (Å²) in [5.41, 5.74) is 11.4. The molecule has 3 nitrogen and oxygen atoms in total. The fraction of sp³-hybridized carbons (Fsp3) is 0.353. The Labute approximate surface area is 237 Å². The quantitative estimate of drug-likeness (QED) is 0.248. The van der Waals surface area contributed by atoms with E-state index in [4.69, 9.17) is 5.11 Å². The first kappa shape index (κ1) is 29.7. The molecule has 2 aromatic carbocycles. The van der Waals surface area contributed by atoms with Crippen LogP contribution in [0.25, 0.3) is 22.5 Å². The predicted octanol–water partition coefficient (Wildman–Crippen LogP) is 9.10. The summed E-state index contributed by atoms with van der Waals surface area (Å²) in [7, 11) is 0. The highest BCUT2D eigenvalue weighted by Gasteiger charge is 2.14. The van der Waals surface area contributed by atoms with Gasteiger partial charge in [-0.25, -0.2) is 0 Å². The molecule has 0 aliphatic carbocycles. The molecule has 0 saturated heterocycles. The maximum absolute atomic E-state index is 9.17. The van der Waals surface area contributed by atoms with Crippen LogP contribution >= 0.6 is 15.9 Å². The number of aryl methyl sites for hydroxylation is 2. The number of benzene rings is 2. The van der Waals surface area contributed by atoms with Crippen molar-refractivity contribution in [1.29, 1.82) is 0 Å². The summed E-state index contributed by atoms with van der Waals surface area (Å²) in [6, 6.07) is 25.4. The molecule has 0 unspecified atom stereocenters. The van der Waals surface area contributed by atoms with Gasteiger partial charge in [0.05, 0.1) is 18.0 Å². The van der Waals surface area contributed by atoms with Gasteiger partial charge in [0, 0.05) is 27.8 Å². The van der Waals surface area contributed by atoms with Crippen molar-refractivity contribution in [2.75, 3.05) is 0 Å². The minimum absolute atomic E-state index is 0.0437. The van der Waals surface area contributed by atoms with Crippen LogP contribution in [0.4, 0.5) is 0 Å². The maximum atomic E-state index is 9.17. The summed E-state index contributed by atoms with van der Waals surface area (Å²) in [6.45, 7) is 17.4. The van der Waals surface area contributed by atoms with Crippen molar-refractivity contribution < 1.29 is 5.11 Å². The third-order valence-corrected chi connectivity index (χ3v) is 7.40. The minimum Gasteiger partial charge on any atom is -0.392 e. The van der Waals surface area contributed by atoms with Crippen LogP contribution in [-0.4, -0.2) is 15.1 Å². The van der Waals surface area contributed by atoms with Crippen LogP contribution in [0.1, 0.15) is 75.2 Å². The van der Waals surface area contributed by atoms with Gasteiger partial charge in [-0.05, 0) is 59.1 Å². The Hall–Kier alpha value is -2.82. The molecule has 0 radical (unpaired) electrons. The van der Waals surface area contributed by atoms with Crippen molar-refractivity contribution in [3.8, 4) is 22.5 Å². The molecule has 38 heavy (non-hydrogen) atoms. The Bertz CT molecular complexity index is 1240. The van der Waals surface area contributed by atoms with Gasteiger partial charge in [-0.1, -0.05) is 118 Å². The van der Waals surface area contributed by atoms with E-state index in [1.165, 1.54) is 22.3 Å². The second-order valence-electron chi connectivity index (χ2n) is 11.8. The number of aliphatic hydroxyl groups is 1. The number of rotatable bonds is 4. The Kier molecular flexibility index (Phi) is 9.67. The van der Waals surface area contributed by atoms with Gasteiger partial charge in [-0.3, -0.25) is 9.97 Å². The van der Waals surface area contributed by atoms with Crippen LogP contribution in [0.2, 0.25) is 0 Å². The van der Waals surface area contributed by atoms with Crippen molar-refractivity contribution in [1.82, 2.24) is 9.97 Å². The second kappa shape index (κ2) is 12.4. The Morgan fingerprint density at radius 3 is 1.24 bits per heavy atom. The van der Waals surface area contributed by atoms with Crippen LogP contribution < -0.4 is 0 Å². The van der Waals surface area contributed by atoms with Gasteiger partial charge in [0.2, 0.25) is 0 Å². The molecule has 4 rings (SSSR count). The van der Waals surface area contributed by atoms with Gasteiger partial charge in [0.15, 0.2) is 0 Å². The Balaban J connectivity index is 0.000000211. The average Bonchev–Trinajstić information content (AvgIpc) is 2.88. The lowest BCUT2D eigenvalue weighted by molar-refractivity contribution is 0.280. The van der Waals surface area contributed by atoms with Gasteiger partial charge >= 0.3 is 0 Å². The first-order valence-corrected chi connectivity index (χ1v) is 14.3. The van der Waals surface area contributed by atoms with Crippen molar-refractivity contribution in [2.24, 2.45) is 0 Å². The fourth-order valence-corrected chi connectivity index (χ4v) is 4.68. The molecule has 0 saturated carbocycles. The molecule has 4 aromatic rings. The molecule has 0 fully saturated rings. The van der Waals surface area contributed by atoms with E-state index in [2.05, 4.69) is 135 Å². The standard InChI is InChI=1S/C17H20BrN.C17H21NO/c1-12-14(11-18)7-10-16(19-12)13-5-8-15(9-6-13)17(2,3)4;1-12-14(11-19)7-10-16(18-12)13-5-8-15(9-6-13)17(2,3)4/h5-10H,11H2,1-4H3;5-10,19H,11H2,1-4H3. The maximum Gasteiger partial charge on any atom is 0.0705 e. The summed E-state index contributed by atoms with van der Waals surface area (Å²) >= 11 is 3.48. The summed E-state index contributed by atoms with van der Waals surface area (Å²) in [6.07, 6.45) is 0. The molecule has 1 N–H and O–H groups in total. The number of halogens is 1. The molecular formula is C34H41BrN2O. The monoisotopic (exact) mass is 572 g/mol. The predicted molar refractivity (Wildman–Crippen MR) is 165 cm³/mol. The molecule has 0 amide bonds. The number of alkyl halides is 1. The topological polar surface area (TPSA) is 46.0 Å². The number of nitrogens with zero attached hydrogens (tertiary/aromatic N) is 2. The zero-order chi connectivity index (χ0) is 28.1. The van der Waals surface area contributed by atoms with E-state index in [1.54, 1.807) is 0 Å². The van der Waals surface area contributed by atoms with E-state index in [1.807, 2.05) is 19.1 Å². The van der Waals surface area contributed by atoms with Crippen molar-refractivity contribution in [2.45, 2.75) is 78.2 Å². The van der Waals surface area contributed by atoms with Crippen LogP contribution in [0, 0.1) is 13.8 Å². The highest BCUT2D eigenvalue weighted by molar-refractivity contribution is 9.08. The van der Waals surface area contributed by atoms with E-state index >= 15 is 0 Å². The largest absolute Gasteiger partial charge is 0.392 e. The zero-order valence-corrected chi connectivity index (χ0v) is 25.6. The number of hydrogen-bond acceptors (Lipinski definition) is 3. The van der Waals surface area contributed by atoms with E-state index < -0.39 is 0 Å². The Morgan fingerprint density at radius 2 is 0.947 bits per heavy atom. The van der Waals surface area contributed by atoms with Gasteiger partial charge in [0.1, 0.15) is 0 Å². The first-order valence-electron chi connectivity index (χ1n) is 13.1. The molecule has 4 heteroatoms. The molecule has 200 valence electrons. The van der Waals surface area contributed by atoms with Crippen LogP contribution in [0.3, 0.4) is 0 Å². The third kappa shape index (κ3) is 7.61. The normalized spacial score (nSPS) is 11.6. The third-order valence-electron chi connectivity index (χ3n) is 6.80. The summed E-state index contributed by atoms with van der Waals surface area (Å²) in [5.74, 6) is 0. The SMILES string of the molecule is Cc1nc(-c2ccc(C(C)(C)C)cc2)ccc1CBr.Cc1nc(-c2ccc(C(C)(C)C)cc2)ccc1CO. The molecule has 0 bridgehead atoms. The molecule has 0 aliphatic rings. The highest BCUT2D eigenvalue weighted by atomic mass is 79.9. The van der Waals surface area contributed by atoms with Gasteiger partial charge in [0.25, 0.3) is 0 Å². The molecule has 0 aliphatic heterocycles. The van der Waals surface area contributed by atoms with Crippen LogP contribution in [0.15, 0.2) is 72.8 Å². The van der Waals surface area contributed by atoms with Gasteiger partial charge < -0.3 is 5.11 Å². The van der Waals surface area contributed by atoms with Crippen LogP contribution in [-0.2, 0) is 22.8 Å². The zero-order valence-electron chi connectivity index (χ0n) is 24.1. The second-order valence-corrected chi connectivity index (χ2v) is 12.4. The van der Waals surface area contributed by atoms with E-state index in [0.29, 0.717) is 0 Å². The average molecular weight is 574 g/mol. The molecule has 2 aromatic heterocycles. The lowest BCUT2D eigenvalue weighted by atomic mass is 9.86. The summed E-state index contributed by atoms with van der Waals surface area (Å²) < 4.78 is 0. The van der Waals surface area contributed by atoms with E-state index in [-0.39, 0.29) is 17.4 Å². The first-order chi connectivity index (χ1) is 17.8. The number of aliphatic hydroxyl groups excluding tert-OH is 1. The van der Waals surface area contributed by atoms with Gasteiger partial charge in [-0.2, -0.15) is 0 Å². The number of aromatic nitrogens is 2. The fourth-order valence-electron chi connectivity index (χ4n) is 4.09. The van der Waals surface area contributed by atoms with Gasteiger partial charge in [-0.15, -0.1) is 0 Å². The molecule has 0 spiro atoms. The Morgan fingerprint density at radius 1 is 0.579 bits per heavy atom.